The van der Waals surface area contributed by atoms with Gasteiger partial charge < -0.3 is 5.11 Å². The summed E-state index contributed by atoms with van der Waals surface area (Å²) < 4.78 is 1.94. The Labute approximate surface area is 135 Å². The topological polar surface area (TPSA) is 55.1 Å². The van der Waals surface area contributed by atoms with Crippen LogP contribution in [0.2, 0.25) is 0 Å². The summed E-state index contributed by atoms with van der Waals surface area (Å²) in [6, 6.07) is 17.9. The fourth-order valence-corrected chi connectivity index (χ4v) is 2.51. The molecule has 0 spiro atoms. The van der Waals surface area contributed by atoms with E-state index < -0.39 is 5.97 Å². The minimum absolute atomic E-state index is 0.0522. The molecule has 3 rings (SSSR count). The molecule has 0 fully saturated rings. The average molecular weight is 306 g/mol. The lowest BCUT2D eigenvalue weighted by molar-refractivity contribution is -0.136. The van der Waals surface area contributed by atoms with Gasteiger partial charge in [-0.1, -0.05) is 54.6 Å². The Kier molecular flexibility index (Phi) is 4.52. The summed E-state index contributed by atoms with van der Waals surface area (Å²) in [6.07, 6.45) is 4.86. The van der Waals surface area contributed by atoms with Crippen LogP contribution in [0.3, 0.4) is 0 Å². The van der Waals surface area contributed by atoms with Crippen molar-refractivity contribution in [2.24, 2.45) is 0 Å². The summed E-state index contributed by atoms with van der Waals surface area (Å²) in [5.74, 6) is -0.813. The Balaban J connectivity index is 1.65. The predicted molar refractivity (Wildman–Crippen MR) is 89.1 cm³/mol. The van der Waals surface area contributed by atoms with Gasteiger partial charge in [-0.05, 0) is 23.1 Å². The van der Waals surface area contributed by atoms with E-state index in [1.807, 2.05) is 59.5 Å². The highest BCUT2D eigenvalue weighted by Crippen LogP contribution is 2.19. The lowest BCUT2D eigenvalue weighted by Gasteiger charge is -2.02. The molecule has 0 aliphatic carbocycles. The first-order chi connectivity index (χ1) is 11.2. The summed E-state index contributed by atoms with van der Waals surface area (Å²) >= 11 is 0. The Morgan fingerprint density at radius 3 is 2.39 bits per heavy atom. The van der Waals surface area contributed by atoms with Gasteiger partial charge in [-0.25, -0.2) is 0 Å². The Morgan fingerprint density at radius 1 is 0.957 bits per heavy atom. The molecule has 4 nitrogen and oxygen atoms in total. The van der Waals surface area contributed by atoms with Gasteiger partial charge in [0.05, 0.1) is 12.6 Å². The lowest BCUT2D eigenvalue weighted by Crippen LogP contribution is -2.01. The molecule has 0 atom stereocenters. The molecule has 3 aromatic rings. The maximum Gasteiger partial charge on any atom is 0.307 e. The zero-order valence-corrected chi connectivity index (χ0v) is 12.7. The van der Waals surface area contributed by atoms with Gasteiger partial charge in [0, 0.05) is 18.3 Å². The minimum atomic E-state index is -0.813. The molecule has 2 aromatic carbocycles. The van der Waals surface area contributed by atoms with Crippen LogP contribution in [0, 0.1) is 0 Å². The van der Waals surface area contributed by atoms with Gasteiger partial charge in [-0.2, -0.15) is 5.10 Å². The van der Waals surface area contributed by atoms with Crippen molar-refractivity contribution >= 4 is 5.97 Å². The van der Waals surface area contributed by atoms with E-state index in [4.69, 9.17) is 5.11 Å². The number of benzene rings is 2. The van der Waals surface area contributed by atoms with Crippen molar-refractivity contribution < 1.29 is 9.90 Å². The van der Waals surface area contributed by atoms with Crippen LogP contribution in [0.15, 0.2) is 67.0 Å². The predicted octanol–water partition coefficient (Wildman–Crippen LogP) is 3.42. The van der Waals surface area contributed by atoms with Crippen molar-refractivity contribution in [1.29, 1.82) is 0 Å². The molecule has 0 unspecified atom stereocenters. The lowest BCUT2D eigenvalue weighted by atomic mass is 10.1. The fourth-order valence-electron chi connectivity index (χ4n) is 2.51. The van der Waals surface area contributed by atoms with Gasteiger partial charge in [0.1, 0.15) is 0 Å². The highest BCUT2D eigenvalue weighted by Gasteiger charge is 2.04. The number of rotatable bonds is 6. The van der Waals surface area contributed by atoms with Crippen molar-refractivity contribution in [2.45, 2.75) is 19.4 Å². The first-order valence-electron chi connectivity index (χ1n) is 7.58. The monoisotopic (exact) mass is 306 g/mol. The molecule has 0 radical (unpaired) electrons. The zero-order chi connectivity index (χ0) is 16.1. The van der Waals surface area contributed by atoms with Gasteiger partial charge in [0.15, 0.2) is 0 Å². The molecule has 0 amide bonds. The van der Waals surface area contributed by atoms with E-state index in [1.165, 1.54) is 5.56 Å². The van der Waals surface area contributed by atoms with E-state index in [0.29, 0.717) is 0 Å². The number of aryl methyl sites for hydroxylation is 2. The summed E-state index contributed by atoms with van der Waals surface area (Å²) in [7, 11) is 0. The molecule has 23 heavy (non-hydrogen) atoms. The Hall–Kier alpha value is -2.88. The van der Waals surface area contributed by atoms with E-state index in [1.54, 1.807) is 0 Å². The van der Waals surface area contributed by atoms with Gasteiger partial charge >= 0.3 is 5.97 Å². The van der Waals surface area contributed by atoms with Crippen LogP contribution in [-0.2, 0) is 24.2 Å². The quantitative estimate of drug-likeness (QED) is 0.759. The van der Waals surface area contributed by atoms with Crippen LogP contribution >= 0.6 is 0 Å². The number of aromatic nitrogens is 2. The van der Waals surface area contributed by atoms with Crippen LogP contribution in [0.4, 0.5) is 0 Å². The average Bonchev–Trinajstić information content (AvgIpc) is 3.03. The van der Waals surface area contributed by atoms with E-state index in [9.17, 15) is 4.79 Å². The van der Waals surface area contributed by atoms with Gasteiger partial charge in [0.25, 0.3) is 0 Å². The molecule has 0 bridgehead atoms. The van der Waals surface area contributed by atoms with Crippen molar-refractivity contribution in [2.75, 3.05) is 0 Å². The second-order valence-electron chi connectivity index (χ2n) is 5.50. The molecular formula is C19H18N2O2. The van der Waals surface area contributed by atoms with Crippen molar-refractivity contribution in [3.05, 3.63) is 78.1 Å². The highest BCUT2D eigenvalue weighted by molar-refractivity contribution is 5.71. The molecule has 0 saturated heterocycles. The number of carbonyl (C=O) groups is 1. The molecule has 0 aliphatic rings. The number of carboxylic acid groups (broad SMARTS) is 1. The van der Waals surface area contributed by atoms with Gasteiger partial charge in [-0.15, -0.1) is 0 Å². The molecule has 0 saturated carbocycles. The third-order valence-electron chi connectivity index (χ3n) is 3.75. The second kappa shape index (κ2) is 6.92. The van der Waals surface area contributed by atoms with E-state index in [2.05, 4.69) is 17.2 Å². The van der Waals surface area contributed by atoms with Crippen LogP contribution < -0.4 is 0 Å². The number of hydrogen-bond acceptors (Lipinski definition) is 2. The van der Waals surface area contributed by atoms with Gasteiger partial charge in [-0.3, -0.25) is 9.48 Å². The maximum absolute atomic E-state index is 10.7. The first kappa shape index (κ1) is 15.0. The number of aliphatic carboxylic acids is 1. The Bertz CT molecular complexity index is 777. The van der Waals surface area contributed by atoms with Crippen LogP contribution in [-0.4, -0.2) is 20.9 Å². The van der Waals surface area contributed by atoms with E-state index in [0.717, 1.165) is 29.7 Å². The number of hydrogen-bond donors (Lipinski definition) is 1. The molecule has 116 valence electrons. The fraction of sp³-hybridized carbons (Fsp3) is 0.158. The normalized spacial score (nSPS) is 10.6. The maximum atomic E-state index is 10.7. The van der Waals surface area contributed by atoms with Crippen molar-refractivity contribution in [3.63, 3.8) is 0 Å². The smallest absolute Gasteiger partial charge is 0.307 e. The molecule has 4 heteroatoms. The Morgan fingerprint density at radius 2 is 1.70 bits per heavy atom. The minimum Gasteiger partial charge on any atom is -0.481 e. The summed E-state index contributed by atoms with van der Waals surface area (Å²) in [5.41, 5.74) is 4.19. The molecule has 0 aliphatic heterocycles. The number of carboxylic acids is 1. The van der Waals surface area contributed by atoms with Crippen LogP contribution in [0.5, 0.6) is 0 Å². The SMILES string of the molecule is O=C(O)Cc1ccc(-c2cnn(CCc3ccccc3)c2)cc1. The van der Waals surface area contributed by atoms with Crippen LogP contribution in [0.1, 0.15) is 11.1 Å². The number of nitrogens with zero attached hydrogens (tertiary/aromatic N) is 2. The van der Waals surface area contributed by atoms with Gasteiger partial charge in [0.2, 0.25) is 0 Å². The van der Waals surface area contributed by atoms with Crippen molar-refractivity contribution in [3.8, 4) is 11.1 Å². The van der Waals surface area contributed by atoms with E-state index in [-0.39, 0.29) is 6.42 Å². The van der Waals surface area contributed by atoms with Crippen molar-refractivity contribution in [1.82, 2.24) is 9.78 Å². The zero-order valence-electron chi connectivity index (χ0n) is 12.7. The largest absolute Gasteiger partial charge is 0.481 e. The summed E-state index contributed by atoms with van der Waals surface area (Å²) in [6.45, 7) is 0.834. The third-order valence-corrected chi connectivity index (χ3v) is 3.75. The molecular weight excluding hydrogens is 288 g/mol. The van der Waals surface area contributed by atoms with Crippen LogP contribution in [0.25, 0.3) is 11.1 Å². The third kappa shape index (κ3) is 4.07. The second-order valence-corrected chi connectivity index (χ2v) is 5.50. The molecule has 1 N–H and O–H groups in total. The highest BCUT2D eigenvalue weighted by atomic mass is 16.4. The summed E-state index contributed by atoms with van der Waals surface area (Å²) in [4.78, 5) is 10.7. The molecule has 1 aromatic heterocycles. The molecule has 1 heterocycles. The first-order valence-corrected chi connectivity index (χ1v) is 7.58. The van der Waals surface area contributed by atoms with E-state index >= 15 is 0 Å². The standard InChI is InChI=1S/C19H18N2O2/c22-19(23)12-16-6-8-17(9-7-16)18-13-20-21(14-18)11-10-15-4-2-1-3-5-15/h1-9,13-14H,10-12H2,(H,22,23). The summed E-state index contributed by atoms with van der Waals surface area (Å²) in [5, 5.41) is 13.2.